The highest BCUT2D eigenvalue weighted by Crippen LogP contribution is 2.05. The number of hydrogen-bond donors (Lipinski definition) is 1. The lowest BCUT2D eigenvalue weighted by molar-refractivity contribution is 0.268. The number of nitrogens with one attached hydrogen (secondary N) is 1. The van der Waals surface area contributed by atoms with Gasteiger partial charge in [-0.1, -0.05) is 19.8 Å². The molecule has 0 spiro atoms. The quantitative estimate of drug-likeness (QED) is 0.677. The van der Waals surface area contributed by atoms with E-state index in [0.29, 0.717) is 13.0 Å². The van der Waals surface area contributed by atoms with Gasteiger partial charge in [-0.15, -0.1) is 0 Å². The van der Waals surface area contributed by atoms with Crippen LogP contribution in [0, 0.1) is 0 Å². The summed E-state index contributed by atoms with van der Waals surface area (Å²) < 4.78 is 13.1. The van der Waals surface area contributed by atoms with E-state index >= 15 is 0 Å². The SMILES string of the molecule is CCCCC(F)CNC(C)(C)C. The molecule has 0 aliphatic rings. The van der Waals surface area contributed by atoms with Crippen molar-refractivity contribution in [3.8, 4) is 0 Å². The molecule has 12 heavy (non-hydrogen) atoms. The van der Waals surface area contributed by atoms with Crippen LogP contribution in [0.25, 0.3) is 0 Å². The summed E-state index contributed by atoms with van der Waals surface area (Å²) in [6, 6.07) is 0. The average Bonchev–Trinajstić information content (AvgIpc) is 1.95. The molecular weight excluding hydrogens is 153 g/mol. The standard InChI is InChI=1S/C10H22FN/c1-5-6-7-9(11)8-12-10(2,3)4/h9,12H,5-8H2,1-4H3. The van der Waals surface area contributed by atoms with Gasteiger partial charge in [-0.25, -0.2) is 4.39 Å². The first kappa shape index (κ1) is 11.9. The van der Waals surface area contributed by atoms with Gasteiger partial charge >= 0.3 is 0 Å². The molecule has 0 aliphatic carbocycles. The molecule has 0 aromatic carbocycles. The predicted molar refractivity (Wildman–Crippen MR) is 52.2 cm³/mol. The summed E-state index contributed by atoms with van der Waals surface area (Å²) in [6.45, 7) is 8.74. The van der Waals surface area contributed by atoms with E-state index < -0.39 is 6.17 Å². The first-order valence-electron chi connectivity index (χ1n) is 4.85. The zero-order valence-corrected chi connectivity index (χ0v) is 8.78. The van der Waals surface area contributed by atoms with Gasteiger partial charge in [-0.3, -0.25) is 0 Å². The summed E-state index contributed by atoms with van der Waals surface area (Å²) in [5.74, 6) is 0. The van der Waals surface area contributed by atoms with Gasteiger partial charge in [-0.05, 0) is 27.2 Å². The fourth-order valence-electron chi connectivity index (χ4n) is 0.945. The Balaban J connectivity index is 3.37. The molecule has 0 fully saturated rings. The van der Waals surface area contributed by atoms with Gasteiger partial charge < -0.3 is 5.32 Å². The van der Waals surface area contributed by atoms with Crippen LogP contribution in [-0.4, -0.2) is 18.3 Å². The van der Waals surface area contributed by atoms with E-state index in [-0.39, 0.29) is 5.54 Å². The van der Waals surface area contributed by atoms with E-state index in [9.17, 15) is 4.39 Å². The third kappa shape index (κ3) is 7.99. The van der Waals surface area contributed by atoms with Crippen molar-refractivity contribution in [2.75, 3.05) is 6.54 Å². The highest BCUT2D eigenvalue weighted by molar-refractivity contribution is 4.72. The highest BCUT2D eigenvalue weighted by Gasteiger charge is 2.12. The molecule has 0 rings (SSSR count). The third-order valence-corrected chi connectivity index (χ3v) is 1.72. The van der Waals surface area contributed by atoms with Crippen molar-refractivity contribution < 1.29 is 4.39 Å². The first-order valence-corrected chi connectivity index (χ1v) is 4.85. The molecule has 0 saturated carbocycles. The highest BCUT2D eigenvalue weighted by atomic mass is 19.1. The van der Waals surface area contributed by atoms with Crippen LogP contribution in [0.2, 0.25) is 0 Å². The van der Waals surface area contributed by atoms with Crippen LogP contribution in [0.4, 0.5) is 4.39 Å². The minimum Gasteiger partial charge on any atom is -0.309 e. The van der Waals surface area contributed by atoms with E-state index in [1.807, 2.05) is 0 Å². The lowest BCUT2D eigenvalue weighted by Gasteiger charge is -2.21. The van der Waals surface area contributed by atoms with Gasteiger partial charge in [0.15, 0.2) is 0 Å². The Hall–Kier alpha value is -0.110. The van der Waals surface area contributed by atoms with Crippen molar-refractivity contribution in [2.24, 2.45) is 0 Å². The van der Waals surface area contributed by atoms with E-state index in [1.165, 1.54) is 0 Å². The number of alkyl halides is 1. The second-order valence-electron chi connectivity index (χ2n) is 4.37. The summed E-state index contributed by atoms with van der Waals surface area (Å²) in [6.07, 6.45) is 2.09. The predicted octanol–water partition coefficient (Wildman–Crippen LogP) is 2.90. The van der Waals surface area contributed by atoms with Crippen LogP contribution in [0.1, 0.15) is 47.0 Å². The van der Waals surface area contributed by atoms with Crippen LogP contribution in [0.15, 0.2) is 0 Å². The van der Waals surface area contributed by atoms with E-state index in [0.717, 1.165) is 12.8 Å². The largest absolute Gasteiger partial charge is 0.309 e. The second kappa shape index (κ2) is 5.52. The molecule has 2 heteroatoms. The lowest BCUT2D eigenvalue weighted by Crippen LogP contribution is -2.39. The van der Waals surface area contributed by atoms with Crippen molar-refractivity contribution in [3.63, 3.8) is 0 Å². The summed E-state index contributed by atoms with van der Waals surface area (Å²) in [7, 11) is 0. The van der Waals surface area contributed by atoms with Gasteiger partial charge in [0, 0.05) is 12.1 Å². The molecule has 0 aromatic heterocycles. The van der Waals surface area contributed by atoms with Crippen LogP contribution >= 0.6 is 0 Å². The van der Waals surface area contributed by atoms with Crippen molar-refractivity contribution in [1.82, 2.24) is 5.32 Å². The van der Waals surface area contributed by atoms with Crippen molar-refractivity contribution >= 4 is 0 Å². The Morgan fingerprint density at radius 1 is 1.33 bits per heavy atom. The summed E-state index contributed by atoms with van der Waals surface area (Å²) in [4.78, 5) is 0. The molecule has 0 saturated heterocycles. The molecule has 0 heterocycles. The Labute approximate surface area is 75.7 Å². The smallest absolute Gasteiger partial charge is 0.113 e. The van der Waals surface area contributed by atoms with Crippen LogP contribution in [0.3, 0.4) is 0 Å². The van der Waals surface area contributed by atoms with Crippen molar-refractivity contribution in [3.05, 3.63) is 0 Å². The molecule has 0 radical (unpaired) electrons. The molecule has 0 aliphatic heterocycles. The Kier molecular flexibility index (Phi) is 5.47. The molecular formula is C10H22FN. The van der Waals surface area contributed by atoms with Gasteiger partial charge in [0.05, 0.1) is 0 Å². The molecule has 0 bridgehead atoms. The maximum atomic E-state index is 13.1. The number of unbranched alkanes of at least 4 members (excludes halogenated alkanes) is 1. The average molecular weight is 175 g/mol. The topological polar surface area (TPSA) is 12.0 Å². The van der Waals surface area contributed by atoms with Gasteiger partial charge in [0.25, 0.3) is 0 Å². The van der Waals surface area contributed by atoms with Crippen LogP contribution < -0.4 is 5.32 Å². The van der Waals surface area contributed by atoms with Gasteiger partial charge in [0.2, 0.25) is 0 Å². The Morgan fingerprint density at radius 2 is 1.92 bits per heavy atom. The molecule has 1 nitrogen and oxygen atoms in total. The Morgan fingerprint density at radius 3 is 2.33 bits per heavy atom. The molecule has 1 N–H and O–H groups in total. The lowest BCUT2D eigenvalue weighted by atomic mass is 10.1. The number of halogens is 1. The monoisotopic (exact) mass is 175 g/mol. The molecule has 0 amide bonds. The van der Waals surface area contributed by atoms with Crippen molar-refractivity contribution in [2.45, 2.75) is 58.7 Å². The maximum Gasteiger partial charge on any atom is 0.113 e. The zero-order valence-electron chi connectivity index (χ0n) is 8.78. The molecule has 0 aromatic rings. The normalized spacial score (nSPS) is 14.8. The zero-order chi connectivity index (χ0) is 9.61. The number of rotatable bonds is 5. The van der Waals surface area contributed by atoms with Crippen molar-refractivity contribution in [1.29, 1.82) is 0 Å². The van der Waals surface area contributed by atoms with Gasteiger partial charge in [-0.2, -0.15) is 0 Å². The first-order chi connectivity index (χ1) is 5.45. The fourth-order valence-corrected chi connectivity index (χ4v) is 0.945. The van der Waals surface area contributed by atoms with E-state index in [4.69, 9.17) is 0 Å². The third-order valence-electron chi connectivity index (χ3n) is 1.72. The summed E-state index contributed by atoms with van der Waals surface area (Å²) in [5.41, 5.74) is 0.0382. The van der Waals surface area contributed by atoms with Crippen LogP contribution in [0.5, 0.6) is 0 Å². The summed E-state index contributed by atoms with van der Waals surface area (Å²) in [5, 5.41) is 3.16. The molecule has 74 valence electrons. The molecule has 1 atom stereocenters. The van der Waals surface area contributed by atoms with Gasteiger partial charge in [0.1, 0.15) is 6.17 Å². The van der Waals surface area contributed by atoms with E-state index in [1.54, 1.807) is 0 Å². The molecule has 1 unspecified atom stereocenters. The summed E-state index contributed by atoms with van der Waals surface area (Å²) >= 11 is 0. The Bertz CT molecular complexity index is 107. The minimum atomic E-state index is -0.677. The fraction of sp³-hybridized carbons (Fsp3) is 1.00. The number of hydrogen-bond acceptors (Lipinski definition) is 1. The minimum absolute atomic E-state index is 0.0382. The van der Waals surface area contributed by atoms with Crippen LogP contribution in [-0.2, 0) is 0 Å². The second-order valence-corrected chi connectivity index (χ2v) is 4.37. The maximum absolute atomic E-state index is 13.1. The van der Waals surface area contributed by atoms with E-state index in [2.05, 4.69) is 33.0 Å².